The molecule has 2 saturated heterocycles. The van der Waals surface area contributed by atoms with E-state index < -0.39 is 72.3 Å². The molecule has 15 nitrogen and oxygen atoms in total. The van der Waals surface area contributed by atoms with Crippen LogP contribution >= 0.6 is 0 Å². The van der Waals surface area contributed by atoms with Crippen molar-refractivity contribution in [1.82, 2.24) is 20.4 Å². The second kappa shape index (κ2) is 17.4. The molecule has 0 saturated carbocycles. The molecular weight excluding hydrogens is 568 g/mol. The minimum Gasteiger partial charge on any atom is -0.467 e. The van der Waals surface area contributed by atoms with Crippen LogP contribution in [0.1, 0.15) is 59.3 Å². The number of carbonyl (C=O) groups excluding carboxylic acids is 3. The SMILES string of the molecule is COC(=O)[C@H](CCCCN1C[C@@H](O)C(O)[C@@H](O)C1)NC(=O)[C@H](CCCCN1C[C@@H](O)C(O)[C@@H](O)C1)NC(=O)OC(C)(C)C. The zero-order valence-electron chi connectivity index (χ0n) is 25.7. The first-order valence-electron chi connectivity index (χ1n) is 15.0. The lowest BCUT2D eigenvalue weighted by molar-refractivity contribution is -0.145. The van der Waals surface area contributed by atoms with E-state index in [4.69, 9.17) is 9.47 Å². The van der Waals surface area contributed by atoms with Crippen LogP contribution in [0.25, 0.3) is 0 Å². The maximum Gasteiger partial charge on any atom is 0.408 e. The number of aliphatic hydroxyl groups is 6. The first-order chi connectivity index (χ1) is 20.1. The van der Waals surface area contributed by atoms with Gasteiger partial charge in [-0.15, -0.1) is 0 Å². The number of aliphatic hydroxyl groups excluding tert-OH is 6. The Balaban J connectivity index is 1.93. The summed E-state index contributed by atoms with van der Waals surface area (Å²) in [5.74, 6) is -1.22. The van der Waals surface area contributed by atoms with Gasteiger partial charge in [0, 0.05) is 26.2 Å². The van der Waals surface area contributed by atoms with Crippen LogP contribution in [0, 0.1) is 0 Å². The van der Waals surface area contributed by atoms with Crippen LogP contribution in [-0.4, -0.2) is 159 Å². The van der Waals surface area contributed by atoms with Crippen LogP contribution in [0.5, 0.6) is 0 Å². The number of alkyl carbamates (subject to hydrolysis) is 1. The average Bonchev–Trinajstić information content (AvgIpc) is 2.91. The van der Waals surface area contributed by atoms with Crippen molar-refractivity contribution in [2.45, 2.75) is 114 Å². The molecule has 2 heterocycles. The Morgan fingerprint density at radius 2 is 1.14 bits per heavy atom. The second-order valence-corrected chi connectivity index (χ2v) is 12.5. The molecular formula is C28H52N4O11. The topological polar surface area (TPSA) is 222 Å². The Morgan fingerprint density at radius 1 is 0.721 bits per heavy atom. The first-order valence-corrected chi connectivity index (χ1v) is 15.0. The van der Waals surface area contributed by atoms with E-state index in [2.05, 4.69) is 10.6 Å². The van der Waals surface area contributed by atoms with Crippen molar-refractivity contribution in [1.29, 1.82) is 0 Å². The highest BCUT2D eigenvalue weighted by molar-refractivity contribution is 5.89. The number of rotatable bonds is 14. The molecule has 0 aromatic rings. The van der Waals surface area contributed by atoms with Gasteiger partial charge in [0.2, 0.25) is 5.91 Å². The molecule has 2 aliphatic heterocycles. The van der Waals surface area contributed by atoms with Crippen LogP contribution in [0.4, 0.5) is 4.79 Å². The monoisotopic (exact) mass is 620 g/mol. The van der Waals surface area contributed by atoms with Gasteiger partial charge in [-0.2, -0.15) is 0 Å². The number of unbranched alkanes of at least 4 members (excludes halogenated alkanes) is 2. The Hall–Kier alpha value is -2.11. The number of methoxy groups -OCH3 is 1. The normalized spacial score (nSPS) is 28.5. The largest absolute Gasteiger partial charge is 0.467 e. The van der Waals surface area contributed by atoms with Gasteiger partial charge in [0.15, 0.2) is 0 Å². The van der Waals surface area contributed by atoms with Gasteiger partial charge in [-0.25, -0.2) is 9.59 Å². The molecule has 0 bridgehead atoms. The molecule has 0 aromatic heterocycles. The van der Waals surface area contributed by atoms with Gasteiger partial charge >= 0.3 is 12.1 Å². The number of amides is 2. The van der Waals surface area contributed by atoms with Gasteiger partial charge < -0.3 is 50.7 Å². The number of piperidine rings is 2. The third-order valence-electron chi connectivity index (χ3n) is 7.60. The molecule has 8 atom stereocenters. The van der Waals surface area contributed by atoms with Gasteiger partial charge in [-0.05, 0) is 72.4 Å². The number of hydrogen-bond acceptors (Lipinski definition) is 13. The molecule has 2 unspecified atom stereocenters. The van der Waals surface area contributed by atoms with E-state index in [1.165, 1.54) is 7.11 Å². The second-order valence-electron chi connectivity index (χ2n) is 12.5. The number of likely N-dealkylation sites (tertiary alicyclic amines) is 2. The van der Waals surface area contributed by atoms with E-state index in [0.717, 1.165) is 0 Å². The summed E-state index contributed by atoms with van der Waals surface area (Å²) in [6, 6.07) is -1.98. The lowest BCUT2D eigenvalue weighted by Crippen LogP contribution is -2.55. The molecule has 250 valence electrons. The fourth-order valence-corrected chi connectivity index (χ4v) is 5.27. The van der Waals surface area contributed by atoms with E-state index >= 15 is 0 Å². The number of nitrogens with zero attached hydrogens (tertiary/aromatic N) is 2. The quantitative estimate of drug-likeness (QED) is 0.0755. The third-order valence-corrected chi connectivity index (χ3v) is 7.60. The van der Waals surface area contributed by atoms with E-state index in [-0.39, 0.29) is 39.0 Å². The number of hydrogen-bond donors (Lipinski definition) is 8. The van der Waals surface area contributed by atoms with Crippen LogP contribution < -0.4 is 10.6 Å². The lowest BCUT2D eigenvalue weighted by Gasteiger charge is -2.36. The fraction of sp³-hybridized carbons (Fsp3) is 0.893. The highest BCUT2D eigenvalue weighted by Crippen LogP contribution is 2.16. The minimum absolute atomic E-state index is 0.208. The van der Waals surface area contributed by atoms with Crippen LogP contribution in [0.2, 0.25) is 0 Å². The molecule has 43 heavy (non-hydrogen) atoms. The van der Waals surface area contributed by atoms with Gasteiger partial charge in [0.25, 0.3) is 0 Å². The summed E-state index contributed by atoms with van der Waals surface area (Å²) >= 11 is 0. The summed E-state index contributed by atoms with van der Waals surface area (Å²) in [4.78, 5) is 41.9. The molecule has 0 spiro atoms. The smallest absolute Gasteiger partial charge is 0.408 e. The molecule has 2 aliphatic rings. The zero-order valence-corrected chi connectivity index (χ0v) is 25.7. The number of esters is 1. The van der Waals surface area contributed by atoms with E-state index in [1.54, 1.807) is 20.8 Å². The van der Waals surface area contributed by atoms with E-state index in [0.29, 0.717) is 38.8 Å². The maximum absolute atomic E-state index is 13.3. The molecule has 0 radical (unpaired) electrons. The van der Waals surface area contributed by atoms with E-state index in [1.807, 2.05) is 9.80 Å². The first kappa shape index (κ1) is 37.1. The molecule has 0 aliphatic carbocycles. The Labute approximate surface area is 253 Å². The molecule has 2 amide bonds. The Morgan fingerprint density at radius 3 is 1.53 bits per heavy atom. The summed E-state index contributed by atoms with van der Waals surface area (Å²) in [5, 5.41) is 64.3. The average molecular weight is 621 g/mol. The number of nitrogens with one attached hydrogen (secondary N) is 2. The predicted octanol–water partition coefficient (Wildman–Crippen LogP) is -2.33. The fourth-order valence-electron chi connectivity index (χ4n) is 5.27. The van der Waals surface area contributed by atoms with Crippen LogP contribution in [0.15, 0.2) is 0 Å². The molecule has 2 rings (SSSR count). The van der Waals surface area contributed by atoms with Crippen molar-refractivity contribution < 1.29 is 54.5 Å². The predicted molar refractivity (Wildman–Crippen MR) is 154 cm³/mol. The summed E-state index contributed by atoms with van der Waals surface area (Å²) in [7, 11) is 1.22. The van der Waals surface area contributed by atoms with Gasteiger partial charge in [0.05, 0.1) is 31.5 Å². The standard InChI is InChI=1S/C28H52N4O11/c1-28(2,3)43-27(41)30-17(9-5-7-11-31-13-19(33)23(37)20(34)14-31)25(39)29-18(26(40)42-4)10-6-8-12-32-15-21(35)24(38)22(36)16-32/h17-24,33-38H,5-16H2,1-4H3,(H,29,39)(H,30,41)/t17-,18-,19-,20+,21-,22+,23?,24?/m0/s1. The van der Waals surface area contributed by atoms with Gasteiger partial charge in [-0.1, -0.05) is 0 Å². The number of β-amino-alcohol motifs (C(OH)–C–C–N with tert-alkyl or cyclic N) is 4. The Kier molecular flexibility index (Phi) is 15.0. The molecule has 0 aromatic carbocycles. The van der Waals surface area contributed by atoms with Crippen molar-refractivity contribution in [3.8, 4) is 0 Å². The molecule has 2 fully saturated rings. The zero-order chi connectivity index (χ0) is 32.3. The highest BCUT2D eigenvalue weighted by atomic mass is 16.6. The third kappa shape index (κ3) is 12.8. The van der Waals surface area contributed by atoms with E-state index in [9.17, 15) is 45.0 Å². The number of ether oxygens (including phenoxy) is 2. The molecule has 8 N–H and O–H groups in total. The van der Waals surface area contributed by atoms with Crippen LogP contribution in [0.3, 0.4) is 0 Å². The Bertz CT molecular complexity index is 865. The van der Waals surface area contributed by atoms with Crippen molar-refractivity contribution in [2.75, 3.05) is 46.4 Å². The summed E-state index contributed by atoms with van der Waals surface area (Å²) in [5.41, 5.74) is -0.793. The lowest BCUT2D eigenvalue weighted by atomic mass is 10.0. The summed E-state index contributed by atoms with van der Waals surface area (Å²) < 4.78 is 10.2. The van der Waals surface area contributed by atoms with Crippen molar-refractivity contribution in [2.24, 2.45) is 0 Å². The van der Waals surface area contributed by atoms with Crippen LogP contribution in [-0.2, 0) is 19.1 Å². The van der Waals surface area contributed by atoms with Crippen molar-refractivity contribution >= 4 is 18.0 Å². The minimum atomic E-state index is -1.19. The highest BCUT2D eigenvalue weighted by Gasteiger charge is 2.34. The van der Waals surface area contributed by atoms with Crippen molar-refractivity contribution in [3.05, 3.63) is 0 Å². The summed E-state index contributed by atoms with van der Waals surface area (Å²) in [6.45, 7) is 6.94. The summed E-state index contributed by atoms with van der Waals surface area (Å²) in [6.07, 6.45) is -4.72. The van der Waals surface area contributed by atoms with Gasteiger partial charge in [0.1, 0.15) is 29.9 Å². The molecule has 15 heteroatoms. The van der Waals surface area contributed by atoms with Gasteiger partial charge in [-0.3, -0.25) is 14.6 Å². The maximum atomic E-state index is 13.3. The van der Waals surface area contributed by atoms with Crippen molar-refractivity contribution in [3.63, 3.8) is 0 Å². The number of carbonyl (C=O) groups is 3.